The lowest BCUT2D eigenvalue weighted by Crippen LogP contribution is -2.36. The van der Waals surface area contributed by atoms with Crippen molar-refractivity contribution in [1.29, 1.82) is 0 Å². The van der Waals surface area contributed by atoms with Crippen molar-refractivity contribution >= 4 is 17.2 Å². The number of phenols is 1. The fourth-order valence-corrected chi connectivity index (χ4v) is 2.87. The predicted molar refractivity (Wildman–Crippen MR) is 98.8 cm³/mol. The van der Waals surface area contributed by atoms with Crippen molar-refractivity contribution < 1.29 is 14.6 Å². The molecule has 0 saturated heterocycles. The normalized spacial score (nSPS) is 14.7. The molecule has 0 unspecified atom stereocenters. The Labute approximate surface area is 147 Å². The number of aromatic hydroxyl groups is 1. The van der Waals surface area contributed by atoms with Crippen molar-refractivity contribution in [3.8, 4) is 11.5 Å². The van der Waals surface area contributed by atoms with Crippen LogP contribution in [0.25, 0.3) is 5.57 Å². The second-order valence-corrected chi connectivity index (χ2v) is 6.04. The summed E-state index contributed by atoms with van der Waals surface area (Å²) in [6, 6.07) is 14.5. The molecule has 5 nitrogen and oxygen atoms in total. The Morgan fingerprint density at radius 3 is 2.48 bits per heavy atom. The predicted octanol–water partition coefficient (Wildman–Crippen LogP) is 3.13. The third kappa shape index (κ3) is 4.61. The highest BCUT2D eigenvalue weighted by Crippen LogP contribution is 2.24. The van der Waals surface area contributed by atoms with Gasteiger partial charge in [0, 0.05) is 18.8 Å². The largest absolute Gasteiger partial charge is 0.508 e. The van der Waals surface area contributed by atoms with Crippen LogP contribution in [0.1, 0.15) is 12.0 Å². The first-order valence-corrected chi connectivity index (χ1v) is 8.29. The SMILES string of the molecule is COc1ccc(NC(=O)CN2CC=C(c3ccc(O)cc3)CC2)cc1. The van der Waals surface area contributed by atoms with Crippen LogP contribution < -0.4 is 10.1 Å². The molecular formula is C20H22N2O3. The molecule has 0 saturated carbocycles. The molecule has 2 aromatic rings. The molecule has 0 radical (unpaired) electrons. The number of carbonyl (C=O) groups is 1. The third-order valence-electron chi connectivity index (χ3n) is 4.27. The van der Waals surface area contributed by atoms with Gasteiger partial charge in [-0.3, -0.25) is 9.69 Å². The van der Waals surface area contributed by atoms with Crippen LogP contribution in [-0.2, 0) is 4.79 Å². The minimum Gasteiger partial charge on any atom is -0.508 e. The number of phenolic OH excluding ortho intramolecular Hbond substituents is 1. The molecule has 0 bridgehead atoms. The summed E-state index contributed by atoms with van der Waals surface area (Å²) in [6.07, 6.45) is 3.04. The zero-order valence-electron chi connectivity index (χ0n) is 14.2. The molecule has 0 aromatic heterocycles. The van der Waals surface area contributed by atoms with Crippen LogP contribution >= 0.6 is 0 Å². The van der Waals surface area contributed by atoms with Gasteiger partial charge in [-0.25, -0.2) is 0 Å². The third-order valence-corrected chi connectivity index (χ3v) is 4.27. The summed E-state index contributed by atoms with van der Waals surface area (Å²) < 4.78 is 5.11. The molecule has 0 aliphatic carbocycles. The van der Waals surface area contributed by atoms with E-state index in [1.165, 1.54) is 5.57 Å². The van der Waals surface area contributed by atoms with Gasteiger partial charge in [0.1, 0.15) is 11.5 Å². The highest BCUT2D eigenvalue weighted by molar-refractivity contribution is 5.92. The van der Waals surface area contributed by atoms with Gasteiger partial charge in [0.2, 0.25) is 5.91 Å². The molecule has 130 valence electrons. The van der Waals surface area contributed by atoms with Gasteiger partial charge in [0.25, 0.3) is 0 Å². The molecule has 3 rings (SSSR count). The highest BCUT2D eigenvalue weighted by Gasteiger charge is 2.16. The summed E-state index contributed by atoms with van der Waals surface area (Å²) >= 11 is 0. The standard InChI is InChI=1S/C20H22N2O3/c1-25-19-8-4-17(5-9-19)21-20(24)14-22-12-10-16(11-13-22)15-2-6-18(23)7-3-15/h2-10,23H,11-14H2,1H3,(H,21,24). The number of nitrogens with one attached hydrogen (secondary N) is 1. The highest BCUT2D eigenvalue weighted by atomic mass is 16.5. The maximum absolute atomic E-state index is 12.2. The lowest BCUT2D eigenvalue weighted by molar-refractivity contribution is -0.117. The summed E-state index contributed by atoms with van der Waals surface area (Å²) in [4.78, 5) is 14.3. The van der Waals surface area contributed by atoms with Gasteiger partial charge < -0.3 is 15.2 Å². The number of amides is 1. The van der Waals surface area contributed by atoms with Crippen LogP contribution in [0.15, 0.2) is 54.6 Å². The smallest absolute Gasteiger partial charge is 0.238 e. The van der Waals surface area contributed by atoms with E-state index in [2.05, 4.69) is 16.3 Å². The topological polar surface area (TPSA) is 61.8 Å². The van der Waals surface area contributed by atoms with Crippen molar-refractivity contribution in [3.63, 3.8) is 0 Å². The number of carbonyl (C=O) groups excluding carboxylic acids is 1. The summed E-state index contributed by atoms with van der Waals surface area (Å²) in [7, 11) is 1.61. The van der Waals surface area contributed by atoms with Gasteiger partial charge in [-0.1, -0.05) is 18.2 Å². The Morgan fingerprint density at radius 1 is 1.16 bits per heavy atom. The Bertz CT molecular complexity index is 752. The monoisotopic (exact) mass is 338 g/mol. The average Bonchev–Trinajstić information content (AvgIpc) is 2.64. The van der Waals surface area contributed by atoms with Crippen LogP contribution in [0.3, 0.4) is 0 Å². The minimum atomic E-state index is -0.0216. The first kappa shape index (κ1) is 17.0. The molecule has 2 N–H and O–H groups in total. The molecule has 1 aliphatic rings. The number of methoxy groups -OCH3 is 1. The van der Waals surface area contributed by atoms with E-state index in [9.17, 15) is 9.90 Å². The van der Waals surface area contributed by atoms with E-state index in [1.54, 1.807) is 19.2 Å². The molecule has 0 atom stereocenters. The Kier molecular flexibility index (Phi) is 5.36. The first-order valence-electron chi connectivity index (χ1n) is 8.29. The summed E-state index contributed by atoms with van der Waals surface area (Å²) in [6.45, 7) is 1.94. The number of ether oxygens (including phenoxy) is 1. The molecule has 1 amide bonds. The number of rotatable bonds is 5. The molecule has 0 spiro atoms. The number of hydrogen-bond donors (Lipinski definition) is 2. The number of benzene rings is 2. The van der Waals surface area contributed by atoms with Crippen LogP contribution in [-0.4, -0.2) is 42.7 Å². The molecule has 2 aromatic carbocycles. The van der Waals surface area contributed by atoms with E-state index < -0.39 is 0 Å². The van der Waals surface area contributed by atoms with E-state index in [0.717, 1.165) is 36.5 Å². The second kappa shape index (κ2) is 7.85. The molecule has 1 aliphatic heterocycles. The van der Waals surface area contributed by atoms with Crippen molar-refractivity contribution in [2.45, 2.75) is 6.42 Å². The quantitative estimate of drug-likeness (QED) is 0.879. The summed E-state index contributed by atoms with van der Waals surface area (Å²) in [5.74, 6) is 1.02. The summed E-state index contributed by atoms with van der Waals surface area (Å²) in [5, 5.41) is 12.3. The number of hydrogen-bond acceptors (Lipinski definition) is 4. The molecule has 1 heterocycles. The fourth-order valence-electron chi connectivity index (χ4n) is 2.87. The maximum atomic E-state index is 12.2. The van der Waals surface area contributed by atoms with Gasteiger partial charge in [-0.05, 0) is 54.0 Å². The Hall–Kier alpha value is -2.79. The average molecular weight is 338 g/mol. The van der Waals surface area contributed by atoms with Gasteiger partial charge in [-0.15, -0.1) is 0 Å². The lowest BCUT2D eigenvalue weighted by atomic mass is 9.99. The maximum Gasteiger partial charge on any atom is 0.238 e. The molecular weight excluding hydrogens is 316 g/mol. The summed E-state index contributed by atoms with van der Waals surface area (Å²) in [5.41, 5.74) is 3.15. The van der Waals surface area contributed by atoms with Gasteiger partial charge >= 0.3 is 0 Å². The Balaban J connectivity index is 1.52. The van der Waals surface area contributed by atoms with Gasteiger partial charge in [0.15, 0.2) is 0 Å². The lowest BCUT2D eigenvalue weighted by Gasteiger charge is -2.26. The van der Waals surface area contributed by atoms with Crippen LogP contribution in [0.5, 0.6) is 11.5 Å². The van der Waals surface area contributed by atoms with Crippen molar-refractivity contribution in [2.75, 3.05) is 32.1 Å². The molecule has 5 heteroatoms. The van der Waals surface area contributed by atoms with Crippen molar-refractivity contribution in [1.82, 2.24) is 4.90 Å². The Morgan fingerprint density at radius 2 is 1.88 bits per heavy atom. The van der Waals surface area contributed by atoms with E-state index >= 15 is 0 Å². The first-order chi connectivity index (χ1) is 12.1. The van der Waals surface area contributed by atoms with E-state index in [0.29, 0.717) is 6.54 Å². The zero-order chi connectivity index (χ0) is 17.6. The van der Waals surface area contributed by atoms with E-state index in [1.807, 2.05) is 36.4 Å². The fraction of sp³-hybridized carbons (Fsp3) is 0.250. The number of nitrogens with zero attached hydrogens (tertiary/aromatic N) is 1. The van der Waals surface area contributed by atoms with Gasteiger partial charge in [0.05, 0.1) is 13.7 Å². The zero-order valence-corrected chi connectivity index (χ0v) is 14.2. The van der Waals surface area contributed by atoms with Crippen LogP contribution in [0, 0.1) is 0 Å². The van der Waals surface area contributed by atoms with Crippen LogP contribution in [0.4, 0.5) is 5.69 Å². The second-order valence-electron chi connectivity index (χ2n) is 6.04. The van der Waals surface area contributed by atoms with Crippen molar-refractivity contribution in [2.24, 2.45) is 0 Å². The minimum absolute atomic E-state index is 0.0216. The van der Waals surface area contributed by atoms with E-state index in [-0.39, 0.29) is 11.7 Å². The molecule has 0 fully saturated rings. The van der Waals surface area contributed by atoms with Gasteiger partial charge in [-0.2, -0.15) is 0 Å². The molecule has 25 heavy (non-hydrogen) atoms. The van der Waals surface area contributed by atoms with E-state index in [4.69, 9.17) is 4.74 Å². The number of anilines is 1. The van der Waals surface area contributed by atoms with Crippen LogP contribution in [0.2, 0.25) is 0 Å². The van der Waals surface area contributed by atoms with Crippen molar-refractivity contribution in [3.05, 3.63) is 60.2 Å².